The molecule has 0 unspecified atom stereocenters. The van der Waals surface area contributed by atoms with Crippen LogP contribution in [0.5, 0.6) is 5.88 Å². The van der Waals surface area contributed by atoms with Crippen LogP contribution in [-0.4, -0.2) is 19.8 Å². The third-order valence-corrected chi connectivity index (χ3v) is 3.95. The van der Waals surface area contributed by atoms with Gasteiger partial charge in [-0.3, -0.25) is 0 Å². The first kappa shape index (κ1) is 14.4. The second-order valence-corrected chi connectivity index (χ2v) is 5.62. The molecule has 2 N–H and O–H groups in total. The molecule has 0 spiro atoms. The summed E-state index contributed by atoms with van der Waals surface area (Å²) < 4.78 is 62.1. The van der Waals surface area contributed by atoms with E-state index < -0.39 is 27.2 Å². The molecule has 0 fully saturated rings. The van der Waals surface area contributed by atoms with Crippen LogP contribution in [0.3, 0.4) is 0 Å². The van der Waals surface area contributed by atoms with Crippen molar-refractivity contribution in [2.45, 2.75) is 18.2 Å². The van der Waals surface area contributed by atoms with Crippen LogP contribution < -0.4 is 9.88 Å². The fourth-order valence-corrected chi connectivity index (χ4v) is 3.41. The lowest BCUT2D eigenvalue weighted by atomic mass is 10.3. The van der Waals surface area contributed by atoms with Gasteiger partial charge in [0.05, 0.1) is 3.57 Å². The Hall–Kier alpha value is -0.620. The Bertz CT molecular complexity index is 544. The molecular formula is C7H6F3IN2O3S. The summed E-state index contributed by atoms with van der Waals surface area (Å²) in [5.41, 5.74) is -0.281. The minimum atomic E-state index is -4.94. The van der Waals surface area contributed by atoms with Crippen LogP contribution in [0, 0.1) is 10.5 Å². The van der Waals surface area contributed by atoms with Crippen LogP contribution in [0.25, 0.3) is 0 Å². The average Bonchev–Trinajstić information content (AvgIpc) is 2.06. The molecule has 0 saturated heterocycles. The maximum absolute atomic E-state index is 12.0. The van der Waals surface area contributed by atoms with E-state index in [2.05, 4.69) is 9.72 Å². The van der Waals surface area contributed by atoms with Crippen LogP contribution in [-0.2, 0) is 10.0 Å². The van der Waals surface area contributed by atoms with Gasteiger partial charge >= 0.3 is 6.36 Å². The van der Waals surface area contributed by atoms with Crippen molar-refractivity contribution in [1.82, 2.24) is 4.98 Å². The zero-order valence-electron chi connectivity index (χ0n) is 8.25. The quantitative estimate of drug-likeness (QED) is 0.787. The van der Waals surface area contributed by atoms with Gasteiger partial charge in [0.2, 0.25) is 15.9 Å². The summed E-state index contributed by atoms with van der Waals surface area (Å²) in [7, 11) is -4.14. The third-order valence-electron chi connectivity index (χ3n) is 1.67. The molecule has 0 amide bonds. The number of pyridine rings is 1. The van der Waals surface area contributed by atoms with E-state index >= 15 is 0 Å². The lowest BCUT2D eigenvalue weighted by Gasteiger charge is -2.13. The molecule has 0 aromatic carbocycles. The van der Waals surface area contributed by atoms with Gasteiger partial charge in [-0.05, 0) is 29.5 Å². The molecule has 0 radical (unpaired) electrons. The molecule has 1 heterocycles. The van der Waals surface area contributed by atoms with Crippen molar-refractivity contribution < 1.29 is 26.3 Å². The highest BCUT2D eigenvalue weighted by Gasteiger charge is 2.34. The fraction of sp³-hybridized carbons (Fsp3) is 0.286. The van der Waals surface area contributed by atoms with E-state index in [1.54, 1.807) is 22.6 Å². The van der Waals surface area contributed by atoms with Gasteiger partial charge in [0.1, 0.15) is 4.90 Å². The first-order valence-electron chi connectivity index (χ1n) is 3.96. The molecule has 0 saturated carbocycles. The molecular weight excluding hydrogens is 376 g/mol. The summed E-state index contributed by atoms with van der Waals surface area (Å²) in [6.45, 7) is 1.13. The Kier molecular flexibility index (Phi) is 3.88. The van der Waals surface area contributed by atoms with Gasteiger partial charge in [0.15, 0.2) is 0 Å². The first-order chi connectivity index (χ1) is 7.52. The number of nitrogens with zero attached hydrogens (tertiary/aromatic N) is 1. The van der Waals surface area contributed by atoms with Crippen molar-refractivity contribution in [1.29, 1.82) is 0 Å². The molecule has 0 aliphatic rings. The number of hydrogen-bond donors (Lipinski definition) is 1. The summed E-state index contributed by atoms with van der Waals surface area (Å²) >= 11 is 1.61. The molecule has 0 aliphatic heterocycles. The van der Waals surface area contributed by atoms with E-state index in [1.165, 1.54) is 0 Å². The fourth-order valence-electron chi connectivity index (χ4n) is 1.11. The minimum Gasteiger partial charge on any atom is -0.388 e. The normalized spacial score (nSPS) is 12.6. The van der Waals surface area contributed by atoms with Crippen molar-refractivity contribution in [2.24, 2.45) is 5.14 Å². The Morgan fingerprint density at radius 1 is 1.47 bits per heavy atom. The van der Waals surface area contributed by atoms with Crippen LogP contribution in [0.15, 0.2) is 11.1 Å². The monoisotopic (exact) mass is 382 g/mol. The molecule has 5 nitrogen and oxygen atoms in total. The van der Waals surface area contributed by atoms with E-state index in [0.717, 1.165) is 13.1 Å². The number of rotatable bonds is 2. The molecule has 0 bridgehead atoms. The smallest absolute Gasteiger partial charge is 0.388 e. The number of aromatic nitrogens is 1. The van der Waals surface area contributed by atoms with Crippen molar-refractivity contribution in [2.75, 3.05) is 0 Å². The second kappa shape index (κ2) is 4.57. The lowest BCUT2D eigenvalue weighted by Crippen LogP contribution is -2.21. The number of hydrogen-bond acceptors (Lipinski definition) is 4. The zero-order valence-corrected chi connectivity index (χ0v) is 11.2. The number of halogens is 4. The highest BCUT2D eigenvalue weighted by Crippen LogP contribution is 2.30. The summed E-state index contributed by atoms with van der Waals surface area (Å²) in [6, 6.07) is 0. The Balaban J connectivity index is 3.40. The predicted molar refractivity (Wildman–Crippen MR) is 59.7 cm³/mol. The molecule has 96 valence electrons. The van der Waals surface area contributed by atoms with Crippen LogP contribution >= 0.6 is 22.6 Å². The number of ether oxygens (including phenoxy) is 1. The zero-order chi connectivity index (χ0) is 13.4. The Labute approximate surface area is 108 Å². The maximum atomic E-state index is 12.0. The third kappa shape index (κ3) is 3.67. The minimum absolute atomic E-state index is 0.122. The van der Waals surface area contributed by atoms with Crippen molar-refractivity contribution in [3.8, 4) is 5.88 Å². The largest absolute Gasteiger partial charge is 0.574 e. The lowest BCUT2D eigenvalue weighted by molar-refractivity contribution is -0.276. The topological polar surface area (TPSA) is 82.3 Å². The number of sulfonamides is 1. The van der Waals surface area contributed by atoms with Gasteiger partial charge in [-0.25, -0.2) is 18.5 Å². The maximum Gasteiger partial charge on any atom is 0.574 e. The van der Waals surface area contributed by atoms with E-state index in [0.29, 0.717) is 0 Å². The van der Waals surface area contributed by atoms with Crippen LogP contribution in [0.2, 0.25) is 0 Å². The van der Waals surface area contributed by atoms with Gasteiger partial charge < -0.3 is 4.74 Å². The molecule has 0 atom stereocenters. The van der Waals surface area contributed by atoms with E-state index in [4.69, 9.17) is 5.14 Å². The van der Waals surface area contributed by atoms with Crippen LogP contribution in [0.1, 0.15) is 5.56 Å². The molecule has 0 aliphatic carbocycles. The summed E-state index contributed by atoms with van der Waals surface area (Å²) in [6.07, 6.45) is -4.01. The Morgan fingerprint density at radius 3 is 2.41 bits per heavy atom. The van der Waals surface area contributed by atoms with Crippen molar-refractivity contribution >= 4 is 32.6 Å². The summed E-state index contributed by atoms with van der Waals surface area (Å²) in [5, 5.41) is 4.89. The highest BCUT2D eigenvalue weighted by atomic mass is 127. The van der Waals surface area contributed by atoms with E-state index in [-0.39, 0.29) is 9.13 Å². The first-order valence-corrected chi connectivity index (χ1v) is 6.58. The van der Waals surface area contributed by atoms with Gasteiger partial charge in [-0.2, -0.15) is 0 Å². The molecule has 1 aromatic rings. The van der Waals surface area contributed by atoms with Crippen molar-refractivity contribution in [3.63, 3.8) is 0 Å². The van der Waals surface area contributed by atoms with Gasteiger partial charge in [-0.15, -0.1) is 13.2 Å². The predicted octanol–water partition coefficient (Wildman–Crippen LogP) is 1.54. The van der Waals surface area contributed by atoms with Gasteiger partial charge in [0.25, 0.3) is 0 Å². The molecule has 17 heavy (non-hydrogen) atoms. The second-order valence-electron chi connectivity index (χ2n) is 2.96. The summed E-state index contributed by atoms with van der Waals surface area (Å²) in [4.78, 5) is 2.94. The number of nitrogens with two attached hydrogens (primary N) is 1. The van der Waals surface area contributed by atoms with Crippen molar-refractivity contribution in [3.05, 3.63) is 15.3 Å². The van der Waals surface area contributed by atoms with E-state index in [9.17, 15) is 21.6 Å². The number of primary sulfonamides is 1. The Morgan fingerprint density at radius 2 is 2.00 bits per heavy atom. The van der Waals surface area contributed by atoms with E-state index in [1.807, 2.05) is 0 Å². The summed E-state index contributed by atoms with van der Waals surface area (Å²) in [5.74, 6) is -0.832. The van der Waals surface area contributed by atoms with Crippen LogP contribution in [0.4, 0.5) is 13.2 Å². The number of alkyl halides is 3. The highest BCUT2D eigenvalue weighted by molar-refractivity contribution is 14.1. The molecule has 10 heteroatoms. The van der Waals surface area contributed by atoms with Gasteiger partial charge in [0, 0.05) is 11.8 Å². The standard InChI is InChI=1S/C7H6F3IN2O3S/c1-3-5(17(12,14)15)4(11)2-13-6(3)16-7(8,9)10/h2H,1H3,(H2,12,14,15). The molecule has 1 aromatic heterocycles. The SMILES string of the molecule is Cc1c(OC(F)(F)F)ncc(I)c1S(N)(=O)=O. The van der Waals surface area contributed by atoms with Gasteiger partial charge in [-0.1, -0.05) is 0 Å². The molecule has 1 rings (SSSR count). The average molecular weight is 382 g/mol.